The van der Waals surface area contributed by atoms with Gasteiger partial charge in [-0.2, -0.15) is 26.3 Å². The summed E-state index contributed by atoms with van der Waals surface area (Å²) in [6, 6.07) is 2.43. The van der Waals surface area contributed by atoms with Gasteiger partial charge in [0.05, 0.1) is 22.4 Å². The van der Waals surface area contributed by atoms with Crippen LogP contribution in [-0.2, 0) is 10.9 Å². The van der Waals surface area contributed by atoms with Crippen molar-refractivity contribution in [1.82, 2.24) is 9.97 Å². The molecule has 0 saturated carbocycles. The molecule has 7 nitrogen and oxygen atoms in total. The van der Waals surface area contributed by atoms with Crippen LogP contribution >= 0.6 is 0 Å². The van der Waals surface area contributed by atoms with E-state index in [2.05, 4.69) is 14.7 Å². The normalized spacial score (nSPS) is 20.5. The Balaban J connectivity index is 1.89. The number of hydrogen-bond acceptors (Lipinski definition) is 6. The maximum absolute atomic E-state index is 13.5. The van der Waals surface area contributed by atoms with Crippen LogP contribution in [0.15, 0.2) is 24.4 Å². The lowest BCUT2D eigenvalue weighted by molar-refractivity contribution is -0.206. The second-order valence-electron chi connectivity index (χ2n) is 7.52. The van der Waals surface area contributed by atoms with Gasteiger partial charge in [0.2, 0.25) is 6.10 Å². The Bertz CT molecular complexity index is 1050. The summed E-state index contributed by atoms with van der Waals surface area (Å²) in [4.78, 5) is 20.7. The number of cyclic esters (lactones) is 1. The van der Waals surface area contributed by atoms with Crippen LogP contribution in [-0.4, -0.2) is 46.0 Å². The highest BCUT2D eigenvalue weighted by atomic mass is 19.4. The van der Waals surface area contributed by atoms with Crippen molar-refractivity contribution < 1.29 is 41.0 Å². The Morgan fingerprint density at radius 3 is 2.48 bits per heavy atom. The first kappa shape index (κ1) is 21.2. The van der Waals surface area contributed by atoms with Crippen LogP contribution in [0.5, 0.6) is 0 Å². The van der Waals surface area contributed by atoms with Crippen molar-refractivity contribution in [3.05, 3.63) is 35.5 Å². The maximum Gasteiger partial charge on any atom is 0.430 e. The van der Waals surface area contributed by atoms with E-state index in [0.29, 0.717) is 6.07 Å². The molecule has 1 atom stereocenters. The van der Waals surface area contributed by atoms with Crippen molar-refractivity contribution in [2.24, 2.45) is 0 Å². The average Bonchev–Trinajstić information content (AvgIpc) is 2.63. The number of alkyl halides is 6. The number of hydrogen-bond donors (Lipinski definition) is 2. The number of amides is 1. The number of nitrogens with zero attached hydrogens (tertiary/aromatic N) is 3. The molecule has 1 fully saturated rings. The molecule has 2 aliphatic rings. The summed E-state index contributed by atoms with van der Waals surface area (Å²) >= 11 is 0. The summed E-state index contributed by atoms with van der Waals surface area (Å²) in [5.41, 5.74) is -3.64. The van der Waals surface area contributed by atoms with E-state index in [1.807, 2.05) is 5.32 Å². The van der Waals surface area contributed by atoms with E-state index < -0.39 is 52.8 Å². The predicted octanol–water partition coefficient (Wildman–Crippen LogP) is 3.90. The SMILES string of the molecule is CC1(O)CN(c2cc(C(F)(F)F)cc(-c3ccnc4c3[C@H](C(F)(F)F)OC(=O)N4)n2)C1. The van der Waals surface area contributed by atoms with Crippen molar-refractivity contribution in [3.8, 4) is 11.3 Å². The van der Waals surface area contributed by atoms with Crippen molar-refractivity contribution in [2.75, 3.05) is 23.3 Å². The monoisotopic (exact) mass is 448 g/mol. The van der Waals surface area contributed by atoms with Gasteiger partial charge < -0.3 is 14.7 Å². The van der Waals surface area contributed by atoms with E-state index in [1.165, 1.54) is 11.8 Å². The number of carbonyl (C=O) groups is 1. The molecule has 2 aliphatic heterocycles. The zero-order chi connectivity index (χ0) is 22.8. The highest BCUT2D eigenvalue weighted by molar-refractivity contribution is 5.89. The van der Waals surface area contributed by atoms with E-state index in [0.717, 1.165) is 18.3 Å². The molecule has 2 aromatic rings. The minimum absolute atomic E-state index is 0.000449. The Hall–Kier alpha value is -3.09. The molecule has 1 amide bonds. The zero-order valence-electron chi connectivity index (χ0n) is 15.7. The molecule has 0 aromatic carbocycles. The van der Waals surface area contributed by atoms with Crippen LogP contribution < -0.4 is 10.2 Å². The lowest BCUT2D eigenvalue weighted by Crippen LogP contribution is -2.60. The predicted molar refractivity (Wildman–Crippen MR) is 94.2 cm³/mol. The van der Waals surface area contributed by atoms with Crippen molar-refractivity contribution in [1.29, 1.82) is 0 Å². The Labute approximate surface area is 170 Å². The van der Waals surface area contributed by atoms with Gasteiger partial charge in [-0.05, 0) is 25.1 Å². The standard InChI is InChI=1S/C18H14F6N4O3/c1-16(30)6-28(7-16)11-5-8(17(19,20)21)4-10(26-11)9-2-3-25-14-12(9)13(18(22,23)24)31-15(29)27-14/h2-5,13,30H,6-7H2,1H3,(H,25,27,29)/t13-/m1/s1. The molecular weight excluding hydrogens is 434 g/mol. The lowest BCUT2D eigenvalue weighted by Gasteiger charge is -2.45. The van der Waals surface area contributed by atoms with Crippen molar-refractivity contribution >= 4 is 17.7 Å². The van der Waals surface area contributed by atoms with Crippen LogP contribution in [0, 0.1) is 0 Å². The fourth-order valence-corrected chi connectivity index (χ4v) is 3.50. The fraction of sp³-hybridized carbons (Fsp3) is 0.389. The van der Waals surface area contributed by atoms with E-state index in [1.54, 1.807) is 0 Å². The number of pyridine rings is 2. The molecule has 0 bridgehead atoms. The minimum atomic E-state index is -5.04. The quantitative estimate of drug-likeness (QED) is 0.678. The van der Waals surface area contributed by atoms with Gasteiger partial charge in [0.1, 0.15) is 11.6 Å². The molecule has 2 aromatic heterocycles. The Kier molecular flexibility index (Phi) is 4.57. The molecule has 1 saturated heterocycles. The summed E-state index contributed by atoms with van der Waals surface area (Å²) in [5.74, 6) is -0.644. The Morgan fingerprint density at radius 2 is 1.90 bits per heavy atom. The molecule has 166 valence electrons. The third-order valence-electron chi connectivity index (χ3n) is 4.80. The zero-order valence-corrected chi connectivity index (χ0v) is 15.7. The van der Waals surface area contributed by atoms with Crippen LogP contribution in [0.2, 0.25) is 0 Å². The smallest absolute Gasteiger partial charge is 0.430 e. The van der Waals surface area contributed by atoms with Crippen LogP contribution in [0.4, 0.5) is 42.8 Å². The summed E-state index contributed by atoms with van der Waals surface area (Å²) in [6.45, 7) is 1.49. The van der Waals surface area contributed by atoms with Gasteiger partial charge in [-0.25, -0.2) is 14.8 Å². The second kappa shape index (κ2) is 6.70. The summed E-state index contributed by atoms with van der Waals surface area (Å²) in [7, 11) is 0. The largest absolute Gasteiger partial charge is 0.431 e. The van der Waals surface area contributed by atoms with Crippen molar-refractivity contribution in [3.63, 3.8) is 0 Å². The van der Waals surface area contributed by atoms with Gasteiger partial charge in [0, 0.05) is 24.8 Å². The molecule has 4 rings (SSSR count). The third-order valence-corrected chi connectivity index (χ3v) is 4.80. The van der Waals surface area contributed by atoms with Gasteiger partial charge in [-0.1, -0.05) is 0 Å². The first-order valence-electron chi connectivity index (χ1n) is 8.85. The van der Waals surface area contributed by atoms with Gasteiger partial charge in [-0.3, -0.25) is 5.32 Å². The van der Waals surface area contributed by atoms with Crippen molar-refractivity contribution in [2.45, 2.75) is 31.0 Å². The average molecular weight is 448 g/mol. The molecule has 31 heavy (non-hydrogen) atoms. The molecule has 0 spiro atoms. The van der Waals surface area contributed by atoms with E-state index in [9.17, 15) is 36.2 Å². The van der Waals surface area contributed by atoms with Crippen LogP contribution in [0.3, 0.4) is 0 Å². The lowest BCUT2D eigenvalue weighted by atomic mass is 9.96. The van der Waals surface area contributed by atoms with Gasteiger partial charge >= 0.3 is 18.4 Å². The van der Waals surface area contributed by atoms with Gasteiger partial charge in [0.15, 0.2) is 0 Å². The first-order valence-corrected chi connectivity index (χ1v) is 8.85. The fourth-order valence-electron chi connectivity index (χ4n) is 3.50. The van der Waals surface area contributed by atoms with Crippen LogP contribution in [0.1, 0.15) is 24.2 Å². The highest BCUT2D eigenvalue weighted by Crippen LogP contribution is 2.46. The molecule has 2 N–H and O–H groups in total. The number of β-amino-alcohol motifs (C(OH)–C–C–N with tert-alkyl or cyclic N) is 1. The summed E-state index contributed by atoms with van der Waals surface area (Å²) in [6.07, 6.45) is -12.9. The number of fused-ring (bicyclic) bond motifs is 1. The van der Waals surface area contributed by atoms with E-state index in [4.69, 9.17) is 0 Å². The molecular formula is C18H14F6N4O3. The number of halogens is 6. The summed E-state index contributed by atoms with van der Waals surface area (Å²) < 4.78 is 85.5. The number of aromatic nitrogens is 2. The molecule has 0 radical (unpaired) electrons. The van der Waals surface area contributed by atoms with Gasteiger partial charge in [-0.15, -0.1) is 0 Å². The van der Waals surface area contributed by atoms with Crippen LogP contribution in [0.25, 0.3) is 11.3 Å². The minimum Gasteiger partial charge on any atom is -0.431 e. The molecule has 0 aliphatic carbocycles. The second-order valence-corrected chi connectivity index (χ2v) is 7.52. The molecule has 0 unspecified atom stereocenters. The topological polar surface area (TPSA) is 87.6 Å². The summed E-state index contributed by atoms with van der Waals surface area (Å²) in [5, 5.41) is 11.9. The van der Waals surface area contributed by atoms with Gasteiger partial charge in [0.25, 0.3) is 0 Å². The Morgan fingerprint density at radius 1 is 1.23 bits per heavy atom. The first-order chi connectivity index (χ1) is 14.2. The molecule has 13 heteroatoms. The maximum atomic E-state index is 13.5. The van der Waals surface area contributed by atoms with E-state index in [-0.39, 0.29) is 24.5 Å². The number of anilines is 2. The highest BCUT2D eigenvalue weighted by Gasteiger charge is 2.49. The number of carbonyl (C=O) groups excluding carboxylic acids is 1. The number of aliphatic hydroxyl groups is 1. The number of rotatable bonds is 2. The molecule has 4 heterocycles. The van der Waals surface area contributed by atoms with E-state index >= 15 is 0 Å². The number of nitrogens with one attached hydrogen (secondary N) is 1. The number of ether oxygens (including phenoxy) is 1. The third kappa shape index (κ3) is 3.96.